The lowest BCUT2D eigenvalue weighted by Crippen LogP contribution is -2.01. The lowest BCUT2D eigenvalue weighted by molar-refractivity contribution is -0.137. The number of carbonyl (C=O) groups excluding carboxylic acids is 3. The van der Waals surface area contributed by atoms with Gasteiger partial charge in [-0.15, -0.1) is 0 Å². The molecule has 0 unspecified atom stereocenters. The molecule has 0 atom stereocenters. The summed E-state index contributed by atoms with van der Waals surface area (Å²) in [5.41, 5.74) is 0. The van der Waals surface area contributed by atoms with Gasteiger partial charge in [0.2, 0.25) is 0 Å². The highest BCUT2D eigenvalue weighted by molar-refractivity contribution is 6.05. The van der Waals surface area contributed by atoms with E-state index in [1.54, 1.807) is 6.92 Å². The van der Waals surface area contributed by atoms with E-state index < -0.39 is 17.7 Å². The molecule has 0 radical (unpaired) electrons. The van der Waals surface area contributed by atoms with Gasteiger partial charge in [0.05, 0.1) is 13.7 Å². The van der Waals surface area contributed by atoms with Crippen molar-refractivity contribution in [2.45, 2.75) is 6.92 Å². The van der Waals surface area contributed by atoms with Gasteiger partial charge in [0.25, 0.3) is 0 Å². The first-order valence-electron chi connectivity index (χ1n) is 4.25. The molecule has 0 aliphatic rings. The molecule has 0 rings (SSSR count). The molecule has 0 saturated carbocycles. The molecule has 5 nitrogen and oxygen atoms in total. The van der Waals surface area contributed by atoms with Gasteiger partial charge < -0.3 is 9.47 Å². The highest BCUT2D eigenvalue weighted by atomic mass is 16.5. The normalized spacial score (nSPS) is 10.5. The molecule has 0 amide bonds. The lowest BCUT2D eigenvalue weighted by atomic mass is 10.3. The van der Waals surface area contributed by atoms with Gasteiger partial charge in [0.1, 0.15) is 0 Å². The van der Waals surface area contributed by atoms with Crippen molar-refractivity contribution in [3.8, 4) is 0 Å². The van der Waals surface area contributed by atoms with Crippen LogP contribution in [-0.4, -0.2) is 31.4 Å². The van der Waals surface area contributed by atoms with Crippen LogP contribution in [0.3, 0.4) is 0 Å². The molecule has 0 spiro atoms. The Balaban J connectivity index is 4.08. The Morgan fingerprint density at radius 2 is 1.53 bits per heavy atom. The molecule has 0 aromatic heterocycles. The lowest BCUT2D eigenvalue weighted by Gasteiger charge is -1.93. The molecule has 0 N–H and O–H groups in total. The summed E-state index contributed by atoms with van der Waals surface area (Å²) in [6.45, 7) is 1.90. The minimum absolute atomic E-state index is 0.245. The average Bonchev–Trinajstić information content (AvgIpc) is 2.23. The molecule has 0 fully saturated rings. The molecule has 0 aromatic carbocycles. The van der Waals surface area contributed by atoms with Crippen LogP contribution in [0, 0.1) is 0 Å². The number of hydrogen-bond acceptors (Lipinski definition) is 5. The molecule has 0 aliphatic heterocycles. The van der Waals surface area contributed by atoms with Gasteiger partial charge in [-0.25, -0.2) is 9.59 Å². The number of ketones is 1. The number of hydrogen-bond donors (Lipinski definition) is 0. The van der Waals surface area contributed by atoms with Gasteiger partial charge in [-0.3, -0.25) is 4.79 Å². The summed E-state index contributed by atoms with van der Waals surface area (Å²) in [5, 5.41) is 0. The highest BCUT2D eigenvalue weighted by Crippen LogP contribution is 1.86. The Bertz CT molecular complexity index is 301. The molecular formula is C10H12O5. The number of allylic oxidation sites excluding steroid dienone is 2. The van der Waals surface area contributed by atoms with Crippen molar-refractivity contribution >= 4 is 17.7 Å². The van der Waals surface area contributed by atoms with Crippen LogP contribution in [0.15, 0.2) is 24.3 Å². The van der Waals surface area contributed by atoms with E-state index in [4.69, 9.17) is 0 Å². The van der Waals surface area contributed by atoms with Gasteiger partial charge in [0.15, 0.2) is 5.78 Å². The third kappa shape index (κ3) is 7.18. The van der Waals surface area contributed by atoms with E-state index >= 15 is 0 Å². The molecule has 0 bridgehead atoms. The minimum Gasteiger partial charge on any atom is -0.466 e. The fraction of sp³-hybridized carbons (Fsp3) is 0.300. The van der Waals surface area contributed by atoms with Crippen LogP contribution in [0.5, 0.6) is 0 Å². The van der Waals surface area contributed by atoms with Gasteiger partial charge in [0, 0.05) is 12.2 Å². The maximum atomic E-state index is 11.0. The quantitative estimate of drug-likeness (QED) is 0.487. The van der Waals surface area contributed by atoms with Crippen LogP contribution in [0.4, 0.5) is 0 Å². The maximum absolute atomic E-state index is 11.0. The van der Waals surface area contributed by atoms with Crippen molar-refractivity contribution in [3.63, 3.8) is 0 Å². The van der Waals surface area contributed by atoms with Crippen LogP contribution in [0.25, 0.3) is 0 Å². The van der Waals surface area contributed by atoms with Crippen LogP contribution in [0.1, 0.15) is 6.92 Å². The molecule has 0 saturated heterocycles. The zero-order chi connectivity index (χ0) is 11.7. The fourth-order valence-electron chi connectivity index (χ4n) is 0.614. The van der Waals surface area contributed by atoms with E-state index in [1.807, 2.05) is 0 Å². The molecule has 0 heterocycles. The van der Waals surface area contributed by atoms with Crippen LogP contribution >= 0.6 is 0 Å². The summed E-state index contributed by atoms with van der Waals surface area (Å²) in [7, 11) is 1.20. The van der Waals surface area contributed by atoms with E-state index in [2.05, 4.69) is 9.47 Å². The van der Waals surface area contributed by atoms with Crippen LogP contribution < -0.4 is 0 Å². The number of carbonyl (C=O) groups is 3. The SMILES string of the molecule is CCOC(=O)/C=C/C(=O)/C=C/C(=O)OC. The van der Waals surface area contributed by atoms with Gasteiger partial charge in [-0.2, -0.15) is 0 Å². The van der Waals surface area contributed by atoms with Gasteiger partial charge >= 0.3 is 11.9 Å². The summed E-state index contributed by atoms with van der Waals surface area (Å²) < 4.78 is 8.82. The Morgan fingerprint density at radius 3 is 2.00 bits per heavy atom. The second-order valence-corrected chi connectivity index (χ2v) is 2.34. The Labute approximate surface area is 87.4 Å². The predicted octanol–water partition coefficient (Wildman–Crippen LogP) is 0.404. The Morgan fingerprint density at radius 1 is 1.00 bits per heavy atom. The van der Waals surface area contributed by atoms with E-state index in [1.165, 1.54) is 7.11 Å². The predicted molar refractivity (Wildman–Crippen MR) is 51.9 cm³/mol. The van der Waals surface area contributed by atoms with Crippen molar-refractivity contribution in [2.24, 2.45) is 0 Å². The number of esters is 2. The smallest absolute Gasteiger partial charge is 0.330 e. The molecule has 0 aromatic rings. The first-order chi connectivity index (χ1) is 7.10. The zero-order valence-corrected chi connectivity index (χ0v) is 8.56. The largest absolute Gasteiger partial charge is 0.466 e. The van der Waals surface area contributed by atoms with Gasteiger partial charge in [-0.05, 0) is 19.1 Å². The number of ether oxygens (including phenoxy) is 2. The fourth-order valence-corrected chi connectivity index (χ4v) is 0.614. The molecule has 15 heavy (non-hydrogen) atoms. The second-order valence-electron chi connectivity index (χ2n) is 2.34. The van der Waals surface area contributed by atoms with Gasteiger partial charge in [-0.1, -0.05) is 0 Å². The van der Waals surface area contributed by atoms with Crippen molar-refractivity contribution in [2.75, 3.05) is 13.7 Å². The summed E-state index contributed by atoms with van der Waals surface area (Å²) in [6.07, 6.45) is 3.98. The van der Waals surface area contributed by atoms with E-state index in [-0.39, 0.29) is 6.61 Å². The zero-order valence-electron chi connectivity index (χ0n) is 8.56. The minimum atomic E-state index is -0.632. The van der Waals surface area contributed by atoms with E-state index in [9.17, 15) is 14.4 Å². The molecule has 0 aliphatic carbocycles. The van der Waals surface area contributed by atoms with Crippen molar-refractivity contribution in [1.29, 1.82) is 0 Å². The molecule has 5 heteroatoms. The third-order valence-corrected chi connectivity index (χ3v) is 1.26. The van der Waals surface area contributed by atoms with Crippen LogP contribution in [0.2, 0.25) is 0 Å². The summed E-state index contributed by atoms with van der Waals surface area (Å²) >= 11 is 0. The first-order valence-corrected chi connectivity index (χ1v) is 4.25. The second kappa shape index (κ2) is 7.49. The van der Waals surface area contributed by atoms with E-state index in [0.717, 1.165) is 24.3 Å². The molecular weight excluding hydrogens is 200 g/mol. The average molecular weight is 212 g/mol. The standard InChI is InChI=1S/C10H12O5/c1-3-15-10(13)7-5-8(11)4-6-9(12)14-2/h4-7H,3H2,1-2H3/b6-4+,7-5+. The third-order valence-electron chi connectivity index (χ3n) is 1.26. The highest BCUT2D eigenvalue weighted by Gasteiger charge is 1.97. The van der Waals surface area contributed by atoms with Crippen molar-refractivity contribution < 1.29 is 23.9 Å². The maximum Gasteiger partial charge on any atom is 0.330 e. The molecule has 82 valence electrons. The summed E-state index contributed by atoms with van der Waals surface area (Å²) in [4.78, 5) is 32.3. The summed E-state index contributed by atoms with van der Waals surface area (Å²) in [5.74, 6) is -1.72. The van der Waals surface area contributed by atoms with Crippen molar-refractivity contribution in [3.05, 3.63) is 24.3 Å². The monoisotopic (exact) mass is 212 g/mol. The topological polar surface area (TPSA) is 69.7 Å². The number of rotatable bonds is 5. The first kappa shape index (κ1) is 13.1. The Kier molecular flexibility index (Phi) is 6.54. The number of methoxy groups -OCH3 is 1. The van der Waals surface area contributed by atoms with Crippen LogP contribution in [-0.2, 0) is 23.9 Å². The summed E-state index contributed by atoms with van der Waals surface area (Å²) in [6, 6.07) is 0. The van der Waals surface area contributed by atoms with E-state index in [0.29, 0.717) is 0 Å². The Hall–Kier alpha value is -1.91. The van der Waals surface area contributed by atoms with Crippen molar-refractivity contribution in [1.82, 2.24) is 0 Å².